The first-order chi connectivity index (χ1) is 9.11. The van der Waals surface area contributed by atoms with Crippen LogP contribution in [0.15, 0.2) is 36.4 Å². The molecule has 1 N–H and O–H groups in total. The molecule has 4 heteroatoms. The van der Waals surface area contributed by atoms with Crippen LogP contribution < -0.4 is 10.1 Å². The average Bonchev–Trinajstić information content (AvgIpc) is 2.40. The molecule has 0 saturated heterocycles. The molecule has 0 aromatic heterocycles. The molecule has 0 unspecified atom stereocenters. The van der Waals surface area contributed by atoms with Crippen LogP contribution in [-0.2, 0) is 6.54 Å². The molecule has 0 radical (unpaired) electrons. The van der Waals surface area contributed by atoms with Gasteiger partial charge in [0.1, 0.15) is 11.6 Å². The molecule has 19 heavy (non-hydrogen) atoms. The Bertz CT molecular complexity index is 586. The van der Waals surface area contributed by atoms with E-state index in [4.69, 9.17) is 16.3 Å². The van der Waals surface area contributed by atoms with Gasteiger partial charge >= 0.3 is 0 Å². The molecule has 0 fully saturated rings. The topological polar surface area (TPSA) is 21.3 Å². The largest absolute Gasteiger partial charge is 0.496 e. The minimum atomic E-state index is -0.281. The van der Waals surface area contributed by atoms with Gasteiger partial charge in [0.2, 0.25) is 0 Å². The van der Waals surface area contributed by atoms with Crippen molar-refractivity contribution in [1.29, 1.82) is 0 Å². The monoisotopic (exact) mass is 279 g/mol. The van der Waals surface area contributed by atoms with E-state index in [0.29, 0.717) is 23.0 Å². The van der Waals surface area contributed by atoms with E-state index in [1.54, 1.807) is 25.3 Å². The van der Waals surface area contributed by atoms with Gasteiger partial charge in [-0.15, -0.1) is 0 Å². The zero-order valence-corrected chi connectivity index (χ0v) is 11.6. The molecule has 0 saturated carbocycles. The molecule has 2 aromatic carbocycles. The summed E-state index contributed by atoms with van der Waals surface area (Å²) in [6, 6.07) is 10.4. The van der Waals surface area contributed by atoms with Gasteiger partial charge in [-0.25, -0.2) is 4.39 Å². The molecule has 0 aliphatic rings. The van der Waals surface area contributed by atoms with E-state index >= 15 is 0 Å². The zero-order chi connectivity index (χ0) is 13.8. The van der Waals surface area contributed by atoms with Crippen molar-refractivity contribution in [3.05, 3.63) is 58.4 Å². The van der Waals surface area contributed by atoms with Gasteiger partial charge in [-0.2, -0.15) is 0 Å². The minimum Gasteiger partial charge on any atom is -0.496 e. The molecule has 0 amide bonds. The first kappa shape index (κ1) is 13.7. The van der Waals surface area contributed by atoms with Crippen molar-refractivity contribution in [2.45, 2.75) is 13.5 Å². The fourth-order valence-electron chi connectivity index (χ4n) is 1.86. The summed E-state index contributed by atoms with van der Waals surface area (Å²) >= 11 is 6.13. The second-order valence-electron chi connectivity index (χ2n) is 4.26. The van der Waals surface area contributed by atoms with Crippen LogP contribution >= 0.6 is 11.6 Å². The third-order valence-electron chi connectivity index (χ3n) is 2.87. The van der Waals surface area contributed by atoms with Gasteiger partial charge < -0.3 is 10.1 Å². The Morgan fingerprint density at radius 1 is 1.26 bits per heavy atom. The fourth-order valence-corrected chi connectivity index (χ4v) is 2.09. The van der Waals surface area contributed by atoms with Gasteiger partial charge in [0, 0.05) is 17.1 Å². The first-order valence-corrected chi connectivity index (χ1v) is 6.31. The molecule has 100 valence electrons. The molecule has 0 bridgehead atoms. The quantitative estimate of drug-likeness (QED) is 0.895. The molecule has 0 aliphatic carbocycles. The Balaban J connectivity index is 2.21. The van der Waals surface area contributed by atoms with E-state index in [-0.39, 0.29) is 5.82 Å². The lowest BCUT2D eigenvalue weighted by molar-refractivity contribution is 0.410. The second kappa shape index (κ2) is 5.93. The fraction of sp³-hybridized carbons (Fsp3) is 0.200. The normalized spacial score (nSPS) is 10.3. The predicted molar refractivity (Wildman–Crippen MR) is 76.5 cm³/mol. The van der Waals surface area contributed by atoms with E-state index in [1.165, 1.54) is 6.07 Å². The number of ether oxygens (including phenoxy) is 1. The van der Waals surface area contributed by atoms with E-state index in [0.717, 1.165) is 11.1 Å². The lowest BCUT2D eigenvalue weighted by Gasteiger charge is -2.13. The molecular weight excluding hydrogens is 265 g/mol. The van der Waals surface area contributed by atoms with Gasteiger partial charge in [-0.3, -0.25) is 0 Å². The van der Waals surface area contributed by atoms with Crippen LogP contribution in [0.5, 0.6) is 5.75 Å². The van der Waals surface area contributed by atoms with Gasteiger partial charge in [0.25, 0.3) is 0 Å². The first-order valence-electron chi connectivity index (χ1n) is 5.93. The summed E-state index contributed by atoms with van der Waals surface area (Å²) in [5.41, 5.74) is 2.27. The Hall–Kier alpha value is -1.74. The molecule has 0 aliphatic heterocycles. The van der Waals surface area contributed by atoms with Gasteiger partial charge in [0.15, 0.2) is 0 Å². The Morgan fingerprint density at radius 2 is 2.05 bits per heavy atom. The van der Waals surface area contributed by atoms with Gasteiger partial charge in [0.05, 0.1) is 12.8 Å². The maximum Gasteiger partial charge on any atom is 0.146 e. The standard InChI is InChI=1S/C15H15ClFNO/c1-10-6-7-13(17)14(8-10)18-9-11-12(16)4-3-5-15(11)19-2/h3-8,18H,9H2,1-2H3. The molecule has 2 aromatic rings. The third kappa shape index (κ3) is 3.18. The van der Waals surface area contributed by atoms with Crippen molar-refractivity contribution in [3.8, 4) is 5.75 Å². The van der Waals surface area contributed by atoms with Crippen molar-refractivity contribution in [2.75, 3.05) is 12.4 Å². The van der Waals surface area contributed by atoms with E-state index in [2.05, 4.69) is 5.32 Å². The Morgan fingerprint density at radius 3 is 2.79 bits per heavy atom. The van der Waals surface area contributed by atoms with E-state index < -0.39 is 0 Å². The molecule has 2 rings (SSSR count). The van der Waals surface area contributed by atoms with Crippen LogP contribution in [0.1, 0.15) is 11.1 Å². The van der Waals surface area contributed by atoms with Crippen molar-refractivity contribution >= 4 is 17.3 Å². The van der Waals surface area contributed by atoms with E-state index in [9.17, 15) is 4.39 Å². The number of rotatable bonds is 4. The van der Waals surface area contributed by atoms with Crippen LogP contribution in [0.25, 0.3) is 0 Å². The number of hydrogen-bond donors (Lipinski definition) is 1. The highest BCUT2D eigenvalue weighted by Crippen LogP contribution is 2.27. The number of hydrogen-bond acceptors (Lipinski definition) is 2. The lowest BCUT2D eigenvalue weighted by atomic mass is 10.1. The smallest absolute Gasteiger partial charge is 0.146 e. The zero-order valence-electron chi connectivity index (χ0n) is 10.8. The third-order valence-corrected chi connectivity index (χ3v) is 3.23. The summed E-state index contributed by atoms with van der Waals surface area (Å²) < 4.78 is 18.9. The maximum atomic E-state index is 13.6. The van der Waals surface area contributed by atoms with Crippen LogP contribution in [0, 0.1) is 12.7 Å². The minimum absolute atomic E-state index is 0.281. The second-order valence-corrected chi connectivity index (χ2v) is 4.66. The van der Waals surface area contributed by atoms with Crippen molar-refractivity contribution in [3.63, 3.8) is 0 Å². The van der Waals surface area contributed by atoms with E-state index in [1.807, 2.05) is 19.1 Å². The number of methoxy groups -OCH3 is 1. The predicted octanol–water partition coefficient (Wildman–Crippen LogP) is 4.41. The van der Waals surface area contributed by atoms with Crippen molar-refractivity contribution in [1.82, 2.24) is 0 Å². The molecule has 0 spiro atoms. The molecule has 0 atom stereocenters. The van der Waals surface area contributed by atoms with Crippen LogP contribution in [0.4, 0.5) is 10.1 Å². The van der Waals surface area contributed by atoms with Crippen LogP contribution in [-0.4, -0.2) is 7.11 Å². The Labute approximate surface area is 117 Å². The summed E-state index contributed by atoms with van der Waals surface area (Å²) in [7, 11) is 1.59. The van der Waals surface area contributed by atoms with Crippen LogP contribution in [0.2, 0.25) is 5.02 Å². The summed E-state index contributed by atoms with van der Waals surface area (Å²) in [4.78, 5) is 0. The molecule has 2 nitrogen and oxygen atoms in total. The summed E-state index contributed by atoms with van der Waals surface area (Å²) in [5.74, 6) is 0.407. The van der Waals surface area contributed by atoms with Crippen LogP contribution in [0.3, 0.4) is 0 Å². The molecular formula is C15H15ClFNO. The number of aryl methyl sites for hydroxylation is 1. The summed E-state index contributed by atoms with van der Waals surface area (Å²) in [6.07, 6.45) is 0. The highest BCUT2D eigenvalue weighted by Gasteiger charge is 2.08. The summed E-state index contributed by atoms with van der Waals surface area (Å²) in [5, 5.41) is 3.64. The number of nitrogens with one attached hydrogen (secondary N) is 1. The number of anilines is 1. The van der Waals surface area contributed by atoms with Crippen molar-refractivity contribution in [2.24, 2.45) is 0 Å². The Kier molecular flexibility index (Phi) is 4.27. The number of benzene rings is 2. The van der Waals surface area contributed by atoms with Gasteiger partial charge in [-0.1, -0.05) is 23.7 Å². The highest BCUT2D eigenvalue weighted by molar-refractivity contribution is 6.31. The average molecular weight is 280 g/mol. The lowest BCUT2D eigenvalue weighted by Crippen LogP contribution is -2.04. The highest BCUT2D eigenvalue weighted by atomic mass is 35.5. The number of halogens is 2. The maximum absolute atomic E-state index is 13.6. The SMILES string of the molecule is COc1cccc(Cl)c1CNc1cc(C)ccc1F. The summed E-state index contributed by atoms with van der Waals surface area (Å²) in [6.45, 7) is 2.32. The molecule has 0 heterocycles. The van der Waals surface area contributed by atoms with Crippen molar-refractivity contribution < 1.29 is 9.13 Å². The van der Waals surface area contributed by atoms with Gasteiger partial charge in [-0.05, 0) is 36.8 Å².